The molecule has 2 heterocycles. The Morgan fingerprint density at radius 3 is 2.19 bits per heavy atom. The Bertz CT molecular complexity index is 1560. The molecule has 5 heteroatoms. The number of phenolic OH excluding ortho intramolecular Hbond substituents is 1. The summed E-state index contributed by atoms with van der Waals surface area (Å²) in [4.78, 5) is 17.1. The van der Waals surface area contributed by atoms with E-state index in [1.165, 1.54) is 20.8 Å². The first-order chi connectivity index (χ1) is 15.7. The molecule has 1 N–H and O–H groups in total. The Kier molecular flexibility index (Phi) is 4.59. The molecule has 1 aliphatic rings. The molecule has 0 saturated heterocycles. The Labute approximate surface area is 192 Å². The topological polar surface area (TPSA) is 50.4 Å². The molecule has 0 atom stereocenters. The molecule has 0 spiro atoms. The maximum absolute atomic E-state index is 12.4. The zero-order chi connectivity index (χ0) is 21.7. The van der Waals surface area contributed by atoms with Crippen molar-refractivity contribution in [2.24, 2.45) is 0 Å². The van der Waals surface area contributed by atoms with Crippen LogP contribution in [0.3, 0.4) is 0 Å². The predicted molar refractivity (Wildman–Crippen MR) is 130 cm³/mol. The normalized spacial score (nSPS) is 12.4. The molecule has 32 heavy (non-hydrogen) atoms. The minimum absolute atomic E-state index is 0.0894. The number of phenols is 1. The third-order valence-electron chi connectivity index (χ3n) is 5.48. The van der Waals surface area contributed by atoms with Crippen LogP contribution >= 0.6 is 23.5 Å². The van der Waals surface area contributed by atoms with Crippen LogP contribution in [0.2, 0.25) is 0 Å². The van der Waals surface area contributed by atoms with Crippen molar-refractivity contribution < 1.29 is 9.52 Å². The van der Waals surface area contributed by atoms with E-state index in [2.05, 4.69) is 24.3 Å². The second-order valence-electron chi connectivity index (χ2n) is 7.50. The van der Waals surface area contributed by atoms with E-state index in [-0.39, 0.29) is 5.75 Å². The molecule has 5 aromatic rings. The summed E-state index contributed by atoms with van der Waals surface area (Å²) in [6, 6.07) is 29.1. The minimum Gasteiger partial charge on any atom is -0.507 e. The summed E-state index contributed by atoms with van der Waals surface area (Å²) < 4.78 is 5.54. The summed E-state index contributed by atoms with van der Waals surface area (Å²) in [5.41, 5.74) is 3.26. The number of rotatable bonds is 2. The van der Waals surface area contributed by atoms with Crippen LogP contribution in [0.4, 0.5) is 0 Å². The Balaban J connectivity index is 1.55. The number of hydrogen-bond acceptors (Lipinski definition) is 5. The molecule has 1 aromatic heterocycles. The standard InChI is InChI=1S/C27H16O3S2/c28-20-13-17(14-21-26(20)19(15-25(29)30-21)16-7-2-1-3-8-16)18-9-6-12-24-27(18)32-23-11-5-4-10-22(23)31-24/h1-15,28H. The molecule has 1 aliphatic heterocycles. The maximum atomic E-state index is 12.4. The zero-order valence-corrected chi connectivity index (χ0v) is 18.4. The molecule has 0 bridgehead atoms. The third kappa shape index (κ3) is 3.22. The fourth-order valence-electron chi connectivity index (χ4n) is 4.06. The SMILES string of the molecule is O=c1cc(-c2ccccc2)c2c(O)cc(-c3cccc4c3Sc3ccccc3S4)cc2o1. The monoisotopic (exact) mass is 452 g/mol. The average molecular weight is 453 g/mol. The van der Waals surface area contributed by atoms with Gasteiger partial charge in [0.1, 0.15) is 11.3 Å². The first-order valence-electron chi connectivity index (χ1n) is 10.1. The van der Waals surface area contributed by atoms with Crippen molar-refractivity contribution in [2.45, 2.75) is 19.6 Å². The summed E-state index contributed by atoms with van der Waals surface area (Å²) in [5, 5.41) is 11.6. The van der Waals surface area contributed by atoms with E-state index in [1.807, 2.05) is 54.6 Å². The van der Waals surface area contributed by atoms with Crippen molar-refractivity contribution >= 4 is 34.5 Å². The summed E-state index contributed by atoms with van der Waals surface area (Å²) in [7, 11) is 0. The summed E-state index contributed by atoms with van der Waals surface area (Å²) in [5.74, 6) is 0.0894. The highest BCUT2D eigenvalue weighted by atomic mass is 32.2. The number of fused-ring (bicyclic) bond motifs is 3. The number of aromatic hydroxyl groups is 1. The van der Waals surface area contributed by atoms with Gasteiger partial charge in [-0.25, -0.2) is 4.79 Å². The van der Waals surface area contributed by atoms with Crippen molar-refractivity contribution in [1.29, 1.82) is 0 Å². The van der Waals surface area contributed by atoms with Crippen LogP contribution in [0, 0.1) is 0 Å². The maximum Gasteiger partial charge on any atom is 0.336 e. The van der Waals surface area contributed by atoms with Crippen LogP contribution in [0.25, 0.3) is 33.2 Å². The van der Waals surface area contributed by atoms with E-state index in [0.29, 0.717) is 16.5 Å². The van der Waals surface area contributed by atoms with Crippen molar-refractivity contribution in [3.8, 4) is 28.0 Å². The van der Waals surface area contributed by atoms with Crippen molar-refractivity contribution in [1.82, 2.24) is 0 Å². The molecule has 6 rings (SSSR count). The number of hydrogen-bond donors (Lipinski definition) is 1. The molecule has 0 fully saturated rings. The van der Waals surface area contributed by atoms with Crippen molar-refractivity contribution in [3.63, 3.8) is 0 Å². The van der Waals surface area contributed by atoms with Gasteiger partial charge in [-0.2, -0.15) is 0 Å². The predicted octanol–water partition coefficient (Wildman–Crippen LogP) is 7.45. The van der Waals surface area contributed by atoms with Crippen LogP contribution < -0.4 is 5.63 Å². The smallest absolute Gasteiger partial charge is 0.336 e. The first-order valence-corrected chi connectivity index (χ1v) is 11.7. The molecule has 0 amide bonds. The Hall–Kier alpha value is -3.41. The lowest BCUT2D eigenvalue weighted by molar-refractivity contribution is 0.479. The van der Waals surface area contributed by atoms with Gasteiger partial charge in [0, 0.05) is 31.2 Å². The minimum atomic E-state index is -0.443. The van der Waals surface area contributed by atoms with Crippen LogP contribution in [0.5, 0.6) is 5.75 Å². The van der Waals surface area contributed by atoms with Crippen LogP contribution in [0.1, 0.15) is 0 Å². The largest absolute Gasteiger partial charge is 0.507 e. The van der Waals surface area contributed by atoms with Crippen molar-refractivity contribution in [3.05, 3.63) is 101 Å². The lowest BCUT2D eigenvalue weighted by Crippen LogP contribution is -1.99. The van der Waals surface area contributed by atoms with Gasteiger partial charge < -0.3 is 9.52 Å². The Morgan fingerprint density at radius 2 is 1.38 bits per heavy atom. The van der Waals surface area contributed by atoms with Gasteiger partial charge in [0.05, 0.1) is 5.39 Å². The van der Waals surface area contributed by atoms with Gasteiger partial charge in [-0.1, -0.05) is 78.1 Å². The van der Waals surface area contributed by atoms with E-state index < -0.39 is 5.63 Å². The quantitative estimate of drug-likeness (QED) is 0.277. The van der Waals surface area contributed by atoms with Crippen LogP contribution in [-0.4, -0.2) is 5.11 Å². The van der Waals surface area contributed by atoms with Gasteiger partial charge in [-0.05, 0) is 47.0 Å². The highest BCUT2D eigenvalue weighted by molar-refractivity contribution is 8.05. The van der Waals surface area contributed by atoms with Gasteiger partial charge in [-0.15, -0.1) is 0 Å². The molecule has 0 aliphatic carbocycles. The van der Waals surface area contributed by atoms with E-state index in [9.17, 15) is 9.90 Å². The first kappa shape index (κ1) is 19.3. The van der Waals surface area contributed by atoms with Crippen LogP contribution in [0.15, 0.2) is 120 Å². The molecule has 0 radical (unpaired) electrons. The third-order valence-corrected chi connectivity index (χ3v) is 8.09. The zero-order valence-electron chi connectivity index (χ0n) is 16.7. The van der Waals surface area contributed by atoms with E-state index >= 15 is 0 Å². The van der Waals surface area contributed by atoms with E-state index in [0.717, 1.165) is 21.6 Å². The van der Waals surface area contributed by atoms with Crippen molar-refractivity contribution in [2.75, 3.05) is 0 Å². The van der Waals surface area contributed by atoms with E-state index in [1.54, 1.807) is 29.6 Å². The molecular weight excluding hydrogens is 436 g/mol. The molecule has 3 nitrogen and oxygen atoms in total. The highest BCUT2D eigenvalue weighted by Crippen LogP contribution is 2.52. The van der Waals surface area contributed by atoms with Gasteiger partial charge in [0.2, 0.25) is 0 Å². The lowest BCUT2D eigenvalue weighted by Gasteiger charge is -2.21. The molecule has 4 aromatic carbocycles. The van der Waals surface area contributed by atoms with Gasteiger partial charge in [-0.3, -0.25) is 0 Å². The molecular formula is C27H16O3S2. The van der Waals surface area contributed by atoms with Gasteiger partial charge in [0.15, 0.2) is 0 Å². The summed E-state index contributed by atoms with van der Waals surface area (Å²) in [6.45, 7) is 0. The summed E-state index contributed by atoms with van der Waals surface area (Å²) in [6.07, 6.45) is 0. The Morgan fingerprint density at radius 1 is 0.656 bits per heavy atom. The van der Waals surface area contributed by atoms with E-state index in [4.69, 9.17) is 4.42 Å². The summed E-state index contributed by atoms with van der Waals surface area (Å²) >= 11 is 3.47. The second-order valence-corrected chi connectivity index (χ2v) is 9.63. The number of benzene rings is 4. The average Bonchev–Trinajstić information content (AvgIpc) is 2.82. The van der Waals surface area contributed by atoms with Gasteiger partial charge >= 0.3 is 5.63 Å². The fraction of sp³-hybridized carbons (Fsp3) is 0. The van der Waals surface area contributed by atoms with Gasteiger partial charge in [0.25, 0.3) is 0 Å². The lowest BCUT2D eigenvalue weighted by atomic mass is 9.98. The van der Waals surface area contributed by atoms with Crippen LogP contribution in [-0.2, 0) is 0 Å². The molecule has 0 unspecified atom stereocenters. The molecule has 154 valence electrons. The fourth-order valence-corrected chi connectivity index (χ4v) is 6.46. The molecule has 0 saturated carbocycles. The highest BCUT2D eigenvalue weighted by Gasteiger charge is 2.21. The second kappa shape index (κ2) is 7.62.